The van der Waals surface area contributed by atoms with Gasteiger partial charge in [-0.3, -0.25) is 4.79 Å². The van der Waals surface area contributed by atoms with E-state index in [1.54, 1.807) is 14.2 Å². The van der Waals surface area contributed by atoms with Crippen LogP contribution in [0.2, 0.25) is 0 Å². The number of carbonyl (C=O) groups excluding carboxylic acids is 1. The lowest BCUT2D eigenvalue weighted by Gasteiger charge is -2.10. The standard InChI is InChI=1S/C17H20O3/c1-4-5-6-15(18)13-8-7-12-10-16(19-2)17(20-3)11-14(12)9-13/h7-11H,4-6H2,1-3H3. The highest BCUT2D eigenvalue weighted by Gasteiger charge is 2.09. The highest BCUT2D eigenvalue weighted by Crippen LogP contribution is 2.32. The molecule has 3 heteroatoms. The molecule has 0 amide bonds. The van der Waals surface area contributed by atoms with E-state index in [-0.39, 0.29) is 5.78 Å². The van der Waals surface area contributed by atoms with Crippen LogP contribution >= 0.6 is 0 Å². The Labute approximate surface area is 119 Å². The van der Waals surface area contributed by atoms with Crippen LogP contribution in [-0.4, -0.2) is 20.0 Å². The van der Waals surface area contributed by atoms with Gasteiger partial charge in [-0.1, -0.05) is 25.5 Å². The van der Waals surface area contributed by atoms with E-state index in [2.05, 4.69) is 6.92 Å². The molecule has 0 atom stereocenters. The summed E-state index contributed by atoms with van der Waals surface area (Å²) >= 11 is 0. The van der Waals surface area contributed by atoms with Crippen LogP contribution in [0.3, 0.4) is 0 Å². The number of carbonyl (C=O) groups is 1. The third kappa shape index (κ3) is 2.93. The van der Waals surface area contributed by atoms with Crippen LogP contribution in [0, 0.1) is 0 Å². The lowest BCUT2D eigenvalue weighted by Crippen LogP contribution is -1.98. The van der Waals surface area contributed by atoms with Crippen molar-refractivity contribution < 1.29 is 14.3 Å². The van der Waals surface area contributed by atoms with Crippen molar-refractivity contribution in [2.75, 3.05) is 14.2 Å². The first-order valence-electron chi connectivity index (χ1n) is 6.88. The first-order valence-corrected chi connectivity index (χ1v) is 6.88. The minimum Gasteiger partial charge on any atom is -0.493 e. The highest BCUT2D eigenvalue weighted by atomic mass is 16.5. The summed E-state index contributed by atoms with van der Waals surface area (Å²) in [5, 5.41) is 2.03. The van der Waals surface area contributed by atoms with E-state index in [0.29, 0.717) is 17.9 Å². The third-order valence-electron chi connectivity index (χ3n) is 3.42. The third-order valence-corrected chi connectivity index (χ3v) is 3.42. The number of hydrogen-bond donors (Lipinski definition) is 0. The van der Waals surface area contributed by atoms with Gasteiger partial charge in [0.05, 0.1) is 14.2 Å². The van der Waals surface area contributed by atoms with Crippen molar-refractivity contribution in [3.8, 4) is 11.5 Å². The van der Waals surface area contributed by atoms with Crippen LogP contribution in [0.4, 0.5) is 0 Å². The summed E-state index contributed by atoms with van der Waals surface area (Å²) in [6, 6.07) is 9.59. The SMILES string of the molecule is CCCCC(=O)c1ccc2cc(OC)c(OC)cc2c1. The smallest absolute Gasteiger partial charge is 0.162 e. The molecule has 0 heterocycles. The molecule has 2 rings (SSSR count). The molecular formula is C17H20O3. The molecule has 2 aromatic carbocycles. The maximum absolute atomic E-state index is 12.1. The number of hydrogen-bond acceptors (Lipinski definition) is 3. The predicted molar refractivity (Wildman–Crippen MR) is 80.9 cm³/mol. The Hall–Kier alpha value is -2.03. The Kier molecular flexibility index (Phi) is 4.61. The minimum atomic E-state index is 0.198. The van der Waals surface area contributed by atoms with Crippen LogP contribution < -0.4 is 9.47 Å². The van der Waals surface area contributed by atoms with Crippen LogP contribution in [0.5, 0.6) is 11.5 Å². The van der Waals surface area contributed by atoms with E-state index in [4.69, 9.17) is 9.47 Å². The Morgan fingerprint density at radius 1 is 1.00 bits per heavy atom. The second-order valence-corrected chi connectivity index (χ2v) is 4.80. The summed E-state index contributed by atoms with van der Waals surface area (Å²) < 4.78 is 10.6. The normalized spacial score (nSPS) is 10.6. The maximum atomic E-state index is 12.1. The summed E-state index contributed by atoms with van der Waals surface area (Å²) in [6.45, 7) is 2.09. The predicted octanol–water partition coefficient (Wildman–Crippen LogP) is 4.23. The van der Waals surface area contributed by atoms with Crippen molar-refractivity contribution in [2.24, 2.45) is 0 Å². The van der Waals surface area contributed by atoms with Crippen LogP contribution in [0.15, 0.2) is 30.3 Å². The second kappa shape index (κ2) is 6.42. The molecule has 0 bridgehead atoms. The van der Waals surface area contributed by atoms with Crippen LogP contribution in [0.1, 0.15) is 36.5 Å². The van der Waals surface area contributed by atoms with Gasteiger partial charge in [0, 0.05) is 12.0 Å². The summed E-state index contributed by atoms with van der Waals surface area (Å²) in [5.41, 5.74) is 0.762. The molecule has 2 aromatic rings. The van der Waals surface area contributed by atoms with Crippen molar-refractivity contribution in [3.63, 3.8) is 0 Å². The fourth-order valence-corrected chi connectivity index (χ4v) is 2.23. The topological polar surface area (TPSA) is 35.5 Å². The van der Waals surface area contributed by atoms with Gasteiger partial charge in [-0.15, -0.1) is 0 Å². The molecule has 0 aliphatic rings. The van der Waals surface area contributed by atoms with E-state index in [1.807, 2.05) is 30.3 Å². The van der Waals surface area contributed by atoms with Gasteiger partial charge in [0.25, 0.3) is 0 Å². The zero-order valence-corrected chi connectivity index (χ0v) is 12.2. The van der Waals surface area contributed by atoms with Gasteiger partial charge in [0.15, 0.2) is 17.3 Å². The second-order valence-electron chi connectivity index (χ2n) is 4.80. The minimum absolute atomic E-state index is 0.198. The maximum Gasteiger partial charge on any atom is 0.162 e. The van der Waals surface area contributed by atoms with Crippen molar-refractivity contribution in [1.29, 1.82) is 0 Å². The molecule has 0 aromatic heterocycles. The quantitative estimate of drug-likeness (QED) is 0.738. The Morgan fingerprint density at radius 2 is 1.65 bits per heavy atom. The average molecular weight is 272 g/mol. The van der Waals surface area contributed by atoms with Gasteiger partial charge in [-0.2, -0.15) is 0 Å². The molecular weight excluding hydrogens is 252 g/mol. The van der Waals surface area contributed by atoms with Gasteiger partial charge < -0.3 is 9.47 Å². The van der Waals surface area contributed by atoms with E-state index in [1.165, 1.54) is 0 Å². The molecule has 0 aliphatic carbocycles. The molecule has 0 N–H and O–H groups in total. The van der Waals surface area contributed by atoms with E-state index in [0.717, 1.165) is 29.2 Å². The van der Waals surface area contributed by atoms with Crippen LogP contribution in [0.25, 0.3) is 10.8 Å². The van der Waals surface area contributed by atoms with Gasteiger partial charge in [0.1, 0.15) is 0 Å². The molecule has 3 nitrogen and oxygen atoms in total. The number of fused-ring (bicyclic) bond motifs is 1. The molecule has 106 valence electrons. The summed E-state index contributed by atoms with van der Waals surface area (Å²) in [6.07, 6.45) is 2.57. The van der Waals surface area contributed by atoms with Crippen LogP contribution in [-0.2, 0) is 0 Å². The molecule has 0 fully saturated rings. The number of benzene rings is 2. The lowest BCUT2D eigenvalue weighted by atomic mass is 10.0. The first-order chi connectivity index (χ1) is 9.69. The molecule has 0 aliphatic heterocycles. The van der Waals surface area contributed by atoms with E-state index >= 15 is 0 Å². The largest absolute Gasteiger partial charge is 0.493 e. The lowest BCUT2D eigenvalue weighted by molar-refractivity contribution is 0.0980. The monoisotopic (exact) mass is 272 g/mol. The van der Waals surface area contributed by atoms with Crippen molar-refractivity contribution >= 4 is 16.6 Å². The molecule has 0 saturated carbocycles. The zero-order valence-electron chi connectivity index (χ0n) is 12.2. The Morgan fingerprint density at radius 3 is 2.25 bits per heavy atom. The fourth-order valence-electron chi connectivity index (χ4n) is 2.23. The van der Waals surface area contributed by atoms with Gasteiger partial charge in [-0.05, 0) is 35.4 Å². The number of unbranched alkanes of at least 4 members (excludes halogenated alkanes) is 1. The Balaban J connectivity index is 2.40. The highest BCUT2D eigenvalue weighted by molar-refractivity contribution is 6.00. The molecule has 0 saturated heterocycles. The number of methoxy groups -OCH3 is 2. The average Bonchev–Trinajstić information content (AvgIpc) is 2.50. The first kappa shape index (κ1) is 14.4. The van der Waals surface area contributed by atoms with Gasteiger partial charge >= 0.3 is 0 Å². The van der Waals surface area contributed by atoms with Gasteiger partial charge in [-0.25, -0.2) is 0 Å². The molecule has 0 spiro atoms. The number of rotatable bonds is 6. The van der Waals surface area contributed by atoms with Crippen molar-refractivity contribution in [2.45, 2.75) is 26.2 Å². The van der Waals surface area contributed by atoms with Gasteiger partial charge in [0.2, 0.25) is 0 Å². The summed E-state index contributed by atoms with van der Waals surface area (Å²) in [5.74, 6) is 1.58. The number of Topliss-reactive ketones (excluding diaryl/α,β-unsaturated/α-hetero) is 1. The number of ether oxygens (including phenoxy) is 2. The van der Waals surface area contributed by atoms with E-state index in [9.17, 15) is 4.79 Å². The summed E-state index contributed by atoms with van der Waals surface area (Å²) in [4.78, 5) is 12.1. The molecule has 0 unspecified atom stereocenters. The van der Waals surface area contributed by atoms with Crippen molar-refractivity contribution in [1.82, 2.24) is 0 Å². The number of ketones is 1. The zero-order chi connectivity index (χ0) is 14.5. The Bertz CT molecular complexity index is 617. The van der Waals surface area contributed by atoms with Crippen molar-refractivity contribution in [3.05, 3.63) is 35.9 Å². The van der Waals surface area contributed by atoms with E-state index < -0.39 is 0 Å². The molecule has 20 heavy (non-hydrogen) atoms. The fraction of sp³-hybridized carbons (Fsp3) is 0.353. The summed E-state index contributed by atoms with van der Waals surface area (Å²) in [7, 11) is 3.23. The molecule has 0 radical (unpaired) electrons.